The van der Waals surface area contributed by atoms with Gasteiger partial charge in [0.05, 0.1) is 32.5 Å². The zero-order valence-electron chi connectivity index (χ0n) is 19.4. The van der Waals surface area contributed by atoms with Crippen molar-refractivity contribution in [2.75, 3.05) is 26.6 Å². The van der Waals surface area contributed by atoms with Crippen molar-refractivity contribution in [3.8, 4) is 11.5 Å². The number of hydrogen-bond acceptors (Lipinski definition) is 7. The van der Waals surface area contributed by atoms with E-state index in [0.29, 0.717) is 22.6 Å². The second-order valence-corrected chi connectivity index (χ2v) is 7.09. The van der Waals surface area contributed by atoms with Crippen molar-refractivity contribution in [1.82, 2.24) is 9.97 Å². The third kappa shape index (κ3) is 5.86. The van der Waals surface area contributed by atoms with Crippen LogP contribution in [0.15, 0.2) is 78.1 Å². The largest absolute Gasteiger partial charge is 0.497 e. The molecule has 0 unspecified atom stereocenters. The van der Waals surface area contributed by atoms with E-state index < -0.39 is 11.9 Å². The van der Waals surface area contributed by atoms with Gasteiger partial charge in [-0.3, -0.25) is 10.1 Å². The average Bonchev–Trinajstić information content (AvgIpc) is 2.88. The van der Waals surface area contributed by atoms with Crippen molar-refractivity contribution < 1.29 is 23.8 Å². The minimum atomic E-state index is -0.675. The number of aromatic nitrogens is 2. The number of nitrogens with zero attached hydrogens (tertiary/aromatic N) is 2. The summed E-state index contributed by atoms with van der Waals surface area (Å²) in [5.74, 6) is -0.0612. The van der Waals surface area contributed by atoms with Gasteiger partial charge in [0.2, 0.25) is 5.95 Å². The molecule has 0 radical (unpaired) electrons. The van der Waals surface area contributed by atoms with Crippen LogP contribution in [-0.4, -0.2) is 43.2 Å². The third-order valence-electron chi connectivity index (χ3n) is 4.96. The number of rotatable bonds is 8. The monoisotopic (exact) mass is 459 g/mol. The Kier molecular flexibility index (Phi) is 8.12. The molecule has 0 aliphatic rings. The molecule has 1 heterocycles. The maximum atomic E-state index is 13.4. The lowest BCUT2D eigenvalue weighted by atomic mass is 9.93. The molecule has 0 aliphatic heterocycles. The molecule has 8 heteroatoms. The predicted molar refractivity (Wildman–Crippen MR) is 129 cm³/mol. The predicted octanol–water partition coefficient (Wildman–Crippen LogP) is 4.16. The van der Waals surface area contributed by atoms with Gasteiger partial charge in [0, 0.05) is 18.5 Å². The van der Waals surface area contributed by atoms with Gasteiger partial charge in [-0.15, -0.1) is 0 Å². The van der Waals surface area contributed by atoms with E-state index in [1.54, 1.807) is 37.3 Å². The third-order valence-corrected chi connectivity index (χ3v) is 4.96. The summed E-state index contributed by atoms with van der Waals surface area (Å²) in [5.41, 5.74) is 2.01. The van der Waals surface area contributed by atoms with Crippen LogP contribution < -0.4 is 14.8 Å². The van der Waals surface area contributed by atoms with E-state index >= 15 is 0 Å². The van der Waals surface area contributed by atoms with Gasteiger partial charge in [-0.25, -0.2) is 14.8 Å². The van der Waals surface area contributed by atoms with Crippen LogP contribution in [0.2, 0.25) is 0 Å². The number of ether oxygens (including phenoxy) is 3. The number of esters is 1. The fraction of sp³-hybridized carbons (Fsp3) is 0.154. The van der Waals surface area contributed by atoms with E-state index in [2.05, 4.69) is 15.3 Å². The van der Waals surface area contributed by atoms with Crippen LogP contribution in [0.25, 0.3) is 11.6 Å². The number of methoxy groups -OCH3 is 3. The molecule has 0 spiro atoms. The van der Waals surface area contributed by atoms with Gasteiger partial charge in [-0.1, -0.05) is 30.3 Å². The maximum absolute atomic E-state index is 13.4. The van der Waals surface area contributed by atoms with E-state index in [0.717, 1.165) is 5.56 Å². The van der Waals surface area contributed by atoms with Crippen molar-refractivity contribution >= 4 is 29.5 Å². The first-order chi connectivity index (χ1) is 16.5. The van der Waals surface area contributed by atoms with Crippen molar-refractivity contribution in [3.63, 3.8) is 0 Å². The zero-order valence-corrected chi connectivity index (χ0v) is 19.4. The van der Waals surface area contributed by atoms with Crippen LogP contribution in [0.1, 0.15) is 18.1 Å². The van der Waals surface area contributed by atoms with Gasteiger partial charge in [-0.2, -0.15) is 0 Å². The van der Waals surface area contributed by atoms with Crippen LogP contribution in [0.5, 0.6) is 11.5 Å². The average molecular weight is 460 g/mol. The summed E-state index contributed by atoms with van der Waals surface area (Å²) in [6.45, 7) is 1.73. The fourth-order valence-corrected chi connectivity index (χ4v) is 3.24. The van der Waals surface area contributed by atoms with Crippen LogP contribution >= 0.6 is 0 Å². The number of carbonyl (C=O) groups excluding carboxylic acids is 2. The SMILES string of the molecule is COC(=O)C(=C(/C)c1cc(OC)cc(OC)c1)/C(=C\c1ccccc1)C(=O)Nc1ncccn1. The van der Waals surface area contributed by atoms with Crippen LogP contribution in [0.4, 0.5) is 5.95 Å². The Morgan fingerprint density at radius 3 is 2.06 bits per heavy atom. The summed E-state index contributed by atoms with van der Waals surface area (Å²) in [4.78, 5) is 34.5. The molecule has 34 heavy (non-hydrogen) atoms. The van der Waals surface area contributed by atoms with Crippen LogP contribution in [0, 0.1) is 0 Å². The standard InChI is InChI=1S/C26H25N3O5/c1-17(19-14-20(32-2)16-21(15-19)33-3)23(25(31)34-4)22(13-18-9-6-5-7-10-18)24(30)29-26-27-11-8-12-28-26/h5-16H,1-4H3,(H,27,28,29,30)/b22-13+,23-17-. The van der Waals surface area contributed by atoms with E-state index in [1.807, 2.05) is 30.3 Å². The van der Waals surface area contributed by atoms with Crippen LogP contribution in [0.3, 0.4) is 0 Å². The number of hydrogen-bond donors (Lipinski definition) is 1. The minimum absolute atomic E-state index is 0.0788. The Hall–Kier alpha value is -4.46. The molecule has 3 rings (SSSR count). The summed E-state index contributed by atoms with van der Waals surface area (Å²) < 4.78 is 15.8. The molecule has 174 valence electrons. The lowest BCUT2D eigenvalue weighted by Crippen LogP contribution is -2.22. The van der Waals surface area contributed by atoms with E-state index in [9.17, 15) is 9.59 Å². The Balaban J connectivity index is 2.22. The summed E-state index contributed by atoms with van der Waals surface area (Å²) >= 11 is 0. The molecular weight excluding hydrogens is 434 g/mol. The summed E-state index contributed by atoms with van der Waals surface area (Å²) in [6, 6.07) is 16.0. The zero-order chi connectivity index (χ0) is 24.5. The number of nitrogens with one attached hydrogen (secondary N) is 1. The number of amides is 1. The Bertz CT molecular complexity index is 1200. The Labute approximate surface area is 197 Å². The van der Waals surface area contributed by atoms with E-state index in [1.165, 1.54) is 33.7 Å². The number of carbonyl (C=O) groups is 2. The summed E-state index contributed by atoms with van der Waals surface area (Å²) in [6.07, 6.45) is 4.63. The van der Waals surface area contributed by atoms with E-state index in [4.69, 9.17) is 14.2 Å². The minimum Gasteiger partial charge on any atom is -0.497 e. The first-order valence-corrected chi connectivity index (χ1v) is 10.3. The molecule has 0 fully saturated rings. The molecule has 8 nitrogen and oxygen atoms in total. The lowest BCUT2D eigenvalue weighted by molar-refractivity contribution is -0.136. The van der Waals surface area contributed by atoms with Crippen molar-refractivity contribution in [1.29, 1.82) is 0 Å². The first-order valence-electron chi connectivity index (χ1n) is 10.3. The van der Waals surface area contributed by atoms with Crippen molar-refractivity contribution in [2.24, 2.45) is 0 Å². The van der Waals surface area contributed by atoms with Gasteiger partial charge >= 0.3 is 5.97 Å². The second kappa shape index (κ2) is 11.4. The number of benzene rings is 2. The molecule has 0 aliphatic carbocycles. The highest BCUT2D eigenvalue weighted by molar-refractivity contribution is 6.19. The topological polar surface area (TPSA) is 99.6 Å². The fourth-order valence-electron chi connectivity index (χ4n) is 3.24. The highest BCUT2D eigenvalue weighted by atomic mass is 16.5. The molecule has 0 saturated heterocycles. The van der Waals surface area contributed by atoms with Gasteiger partial charge in [0.25, 0.3) is 5.91 Å². The van der Waals surface area contributed by atoms with E-state index in [-0.39, 0.29) is 17.1 Å². The Morgan fingerprint density at radius 2 is 1.50 bits per heavy atom. The molecule has 1 N–H and O–H groups in total. The normalized spacial score (nSPS) is 11.8. The second-order valence-electron chi connectivity index (χ2n) is 7.09. The smallest absolute Gasteiger partial charge is 0.338 e. The molecule has 1 aromatic heterocycles. The molecular formula is C26H25N3O5. The molecule has 0 atom stereocenters. The van der Waals surface area contributed by atoms with Gasteiger partial charge < -0.3 is 14.2 Å². The molecule has 2 aromatic carbocycles. The molecule has 0 saturated carbocycles. The highest BCUT2D eigenvalue weighted by Crippen LogP contribution is 2.32. The number of allylic oxidation sites excluding steroid dienone is 1. The molecule has 1 amide bonds. The first kappa shape index (κ1) is 24.2. The van der Waals surface area contributed by atoms with Gasteiger partial charge in [0.15, 0.2) is 0 Å². The molecule has 3 aromatic rings. The lowest BCUT2D eigenvalue weighted by Gasteiger charge is -2.16. The quantitative estimate of drug-likeness (QED) is 0.307. The van der Waals surface area contributed by atoms with Gasteiger partial charge in [0.1, 0.15) is 11.5 Å². The van der Waals surface area contributed by atoms with Crippen LogP contribution in [-0.2, 0) is 14.3 Å². The summed E-state index contributed by atoms with van der Waals surface area (Å²) in [5, 5.41) is 2.65. The maximum Gasteiger partial charge on any atom is 0.338 e. The van der Waals surface area contributed by atoms with Crippen molar-refractivity contribution in [2.45, 2.75) is 6.92 Å². The molecule has 0 bridgehead atoms. The summed E-state index contributed by atoms with van der Waals surface area (Å²) in [7, 11) is 4.33. The highest BCUT2D eigenvalue weighted by Gasteiger charge is 2.26. The Morgan fingerprint density at radius 1 is 0.882 bits per heavy atom. The van der Waals surface area contributed by atoms with Gasteiger partial charge in [-0.05, 0) is 47.9 Å². The van der Waals surface area contributed by atoms with Crippen molar-refractivity contribution in [3.05, 3.63) is 89.3 Å². The number of anilines is 1.